The average molecular weight is 341 g/mol. The van der Waals surface area contributed by atoms with Gasteiger partial charge in [0.05, 0.1) is 26.2 Å². The molecule has 1 aromatic heterocycles. The predicted octanol–water partition coefficient (Wildman–Crippen LogP) is 1.23. The second-order valence-corrected chi connectivity index (χ2v) is 6.21. The quantitative estimate of drug-likeness (QED) is 0.497. The van der Waals surface area contributed by atoms with E-state index in [-0.39, 0.29) is 12.5 Å². The molecule has 3 aromatic rings. The highest BCUT2D eigenvalue weighted by atomic mass is 16.5. The Morgan fingerprint density at radius 3 is 2.56 bits per heavy atom. The van der Waals surface area contributed by atoms with E-state index in [0.717, 1.165) is 17.8 Å². The van der Waals surface area contributed by atoms with Gasteiger partial charge >= 0.3 is 0 Å². The molecule has 0 aliphatic heterocycles. The summed E-state index contributed by atoms with van der Waals surface area (Å²) in [5.41, 5.74) is 3.54. The molecular formula is C20H25N2O3+. The van der Waals surface area contributed by atoms with Gasteiger partial charge in [0.2, 0.25) is 0 Å². The first-order valence-corrected chi connectivity index (χ1v) is 8.53. The van der Waals surface area contributed by atoms with Crippen LogP contribution >= 0.6 is 0 Å². The Balaban J connectivity index is 1.90. The Bertz CT molecular complexity index is 798. The van der Waals surface area contributed by atoms with E-state index in [1.54, 1.807) is 7.11 Å². The summed E-state index contributed by atoms with van der Waals surface area (Å²) in [4.78, 5) is 3.34. The molecule has 2 atom stereocenters. The fraction of sp³-hybridized carbons (Fsp3) is 0.300. The van der Waals surface area contributed by atoms with E-state index in [1.165, 1.54) is 16.5 Å². The van der Waals surface area contributed by atoms with Gasteiger partial charge in [-0.05, 0) is 29.3 Å². The number of benzene rings is 2. The van der Waals surface area contributed by atoms with Crippen molar-refractivity contribution in [2.24, 2.45) is 0 Å². The summed E-state index contributed by atoms with van der Waals surface area (Å²) in [5, 5.41) is 21.9. The van der Waals surface area contributed by atoms with Gasteiger partial charge in [-0.1, -0.05) is 30.3 Å². The lowest BCUT2D eigenvalue weighted by atomic mass is 9.90. The molecule has 1 heterocycles. The maximum absolute atomic E-state index is 9.61. The summed E-state index contributed by atoms with van der Waals surface area (Å²) in [5.74, 6) is 1.01. The van der Waals surface area contributed by atoms with Crippen molar-refractivity contribution < 1.29 is 20.3 Å². The van der Waals surface area contributed by atoms with Crippen LogP contribution in [0, 0.1) is 0 Å². The number of quaternary nitrogens is 1. The van der Waals surface area contributed by atoms with Crippen LogP contribution in [0.2, 0.25) is 0 Å². The molecule has 5 nitrogen and oxygen atoms in total. The van der Waals surface area contributed by atoms with E-state index in [1.807, 2.05) is 24.3 Å². The summed E-state index contributed by atoms with van der Waals surface area (Å²) < 4.78 is 5.26. The number of nitrogens with one attached hydrogen (secondary N) is 1. The van der Waals surface area contributed by atoms with E-state index in [4.69, 9.17) is 9.84 Å². The number of hydrogen-bond donors (Lipinski definition) is 4. The van der Waals surface area contributed by atoms with E-state index in [0.29, 0.717) is 6.54 Å². The summed E-state index contributed by atoms with van der Waals surface area (Å²) in [6.07, 6.45) is 1.37. The van der Waals surface area contributed by atoms with Gasteiger partial charge in [-0.3, -0.25) is 0 Å². The van der Waals surface area contributed by atoms with E-state index >= 15 is 0 Å². The van der Waals surface area contributed by atoms with Crippen molar-refractivity contribution in [2.75, 3.05) is 26.8 Å². The van der Waals surface area contributed by atoms with Gasteiger partial charge in [0.25, 0.3) is 0 Å². The van der Waals surface area contributed by atoms with Crippen LogP contribution in [0.15, 0.2) is 54.7 Å². The molecule has 0 unspecified atom stereocenters. The van der Waals surface area contributed by atoms with Crippen LogP contribution in [-0.2, 0) is 0 Å². The number of ether oxygens (including phenoxy) is 1. The molecular weight excluding hydrogens is 316 g/mol. The number of methoxy groups -OCH3 is 1. The number of H-pyrrole nitrogens is 1. The SMILES string of the molecule is COc1ccc([C@@H](C[NH2+]C[C@@H](O)CO)c2c[nH]c3ccccc23)cc1. The third-order valence-corrected chi connectivity index (χ3v) is 4.57. The Kier molecular flexibility index (Phi) is 5.71. The van der Waals surface area contributed by atoms with Crippen LogP contribution in [0.1, 0.15) is 17.0 Å². The minimum absolute atomic E-state index is 0.174. The first-order chi connectivity index (χ1) is 12.2. The van der Waals surface area contributed by atoms with Gasteiger partial charge in [0, 0.05) is 17.1 Å². The Morgan fingerprint density at radius 1 is 1.08 bits per heavy atom. The second kappa shape index (κ2) is 8.16. The third-order valence-electron chi connectivity index (χ3n) is 4.57. The highest BCUT2D eigenvalue weighted by molar-refractivity contribution is 5.84. The number of rotatable bonds is 8. The van der Waals surface area contributed by atoms with Crippen LogP contribution < -0.4 is 10.1 Å². The Morgan fingerprint density at radius 2 is 1.84 bits per heavy atom. The zero-order chi connectivity index (χ0) is 17.6. The van der Waals surface area contributed by atoms with Crippen molar-refractivity contribution in [2.45, 2.75) is 12.0 Å². The van der Waals surface area contributed by atoms with Gasteiger partial charge in [-0.15, -0.1) is 0 Å². The first-order valence-electron chi connectivity index (χ1n) is 8.53. The molecule has 0 radical (unpaired) electrons. The lowest BCUT2D eigenvalue weighted by Gasteiger charge is -2.17. The minimum atomic E-state index is -0.695. The molecule has 132 valence electrons. The number of para-hydroxylation sites is 1. The normalized spacial score (nSPS) is 13.7. The number of aromatic amines is 1. The van der Waals surface area contributed by atoms with E-state index in [9.17, 15) is 5.11 Å². The number of aromatic nitrogens is 1. The smallest absolute Gasteiger partial charge is 0.126 e. The molecule has 0 bridgehead atoms. The summed E-state index contributed by atoms with van der Waals surface area (Å²) in [6, 6.07) is 16.4. The lowest BCUT2D eigenvalue weighted by Crippen LogP contribution is -2.87. The van der Waals surface area contributed by atoms with Crippen LogP contribution in [0.4, 0.5) is 0 Å². The summed E-state index contributed by atoms with van der Waals surface area (Å²) in [6.45, 7) is 1.05. The lowest BCUT2D eigenvalue weighted by molar-refractivity contribution is -0.662. The van der Waals surface area contributed by atoms with E-state index in [2.05, 4.69) is 40.8 Å². The number of aliphatic hydroxyl groups is 2. The molecule has 5 N–H and O–H groups in total. The van der Waals surface area contributed by atoms with Gasteiger partial charge in [0.15, 0.2) is 0 Å². The highest BCUT2D eigenvalue weighted by Gasteiger charge is 2.20. The van der Waals surface area contributed by atoms with Crippen LogP contribution in [0.5, 0.6) is 5.75 Å². The maximum Gasteiger partial charge on any atom is 0.126 e. The van der Waals surface area contributed by atoms with Crippen molar-refractivity contribution >= 4 is 10.9 Å². The fourth-order valence-corrected chi connectivity index (χ4v) is 3.19. The topological polar surface area (TPSA) is 82.1 Å². The van der Waals surface area contributed by atoms with Crippen LogP contribution in [0.3, 0.4) is 0 Å². The third kappa shape index (κ3) is 4.02. The van der Waals surface area contributed by atoms with Crippen molar-refractivity contribution in [3.05, 3.63) is 65.9 Å². The molecule has 0 fully saturated rings. The van der Waals surface area contributed by atoms with Gasteiger partial charge in [-0.2, -0.15) is 0 Å². The molecule has 25 heavy (non-hydrogen) atoms. The van der Waals surface area contributed by atoms with Crippen molar-refractivity contribution in [3.8, 4) is 5.75 Å². The summed E-state index contributed by atoms with van der Waals surface area (Å²) in [7, 11) is 1.66. The van der Waals surface area contributed by atoms with E-state index < -0.39 is 6.10 Å². The number of aliphatic hydroxyl groups excluding tert-OH is 2. The molecule has 0 aliphatic carbocycles. The van der Waals surface area contributed by atoms with Crippen molar-refractivity contribution in [1.82, 2.24) is 4.98 Å². The minimum Gasteiger partial charge on any atom is -0.497 e. The zero-order valence-electron chi connectivity index (χ0n) is 14.4. The standard InChI is InChI=1S/C20H24N2O3/c1-25-16-8-6-14(7-9-16)18(11-21-10-15(24)13-23)19-12-22-20-5-3-2-4-17(19)20/h2-9,12,15,18,21-24H,10-11,13H2,1H3/p+1/t15-,18-/m1/s1. The van der Waals surface area contributed by atoms with Crippen molar-refractivity contribution in [1.29, 1.82) is 0 Å². The average Bonchev–Trinajstić information content (AvgIpc) is 3.09. The predicted molar refractivity (Wildman–Crippen MR) is 97.9 cm³/mol. The number of fused-ring (bicyclic) bond motifs is 1. The van der Waals surface area contributed by atoms with Crippen LogP contribution in [0.25, 0.3) is 10.9 Å². The summed E-state index contributed by atoms with van der Waals surface area (Å²) >= 11 is 0. The van der Waals surface area contributed by atoms with Gasteiger partial charge < -0.3 is 25.3 Å². The molecule has 0 saturated heterocycles. The molecule has 0 amide bonds. The monoisotopic (exact) mass is 341 g/mol. The molecule has 0 spiro atoms. The molecule has 0 aliphatic rings. The fourth-order valence-electron chi connectivity index (χ4n) is 3.19. The zero-order valence-corrected chi connectivity index (χ0v) is 14.4. The van der Waals surface area contributed by atoms with Crippen LogP contribution in [-0.4, -0.2) is 48.1 Å². The van der Waals surface area contributed by atoms with Gasteiger partial charge in [0.1, 0.15) is 18.4 Å². The van der Waals surface area contributed by atoms with Gasteiger partial charge in [-0.25, -0.2) is 0 Å². The number of nitrogens with two attached hydrogens (primary N) is 1. The maximum atomic E-state index is 9.61. The molecule has 2 aromatic carbocycles. The Labute approximate surface area is 147 Å². The molecule has 5 heteroatoms. The highest BCUT2D eigenvalue weighted by Crippen LogP contribution is 2.30. The second-order valence-electron chi connectivity index (χ2n) is 6.21. The molecule has 0 saturated carbocycles. The first kappa shape index (κ1) is 17.5. The van der Waals surface area contributed by atoms with Crippen molar-refractivity contribution in [3.63, 3.8) is 0 Å². The number of hydrogen-bond acceptors (Lipinski definition) is 3. The molecule has 3 rings (SSSR count). The Hall–Kier alpha value is -2.34. The largest absolute Gasteiger partial charge is 0.497 e.